The Balaban J connectivity index is 2.33. The van der Waals surface area contributed by atoms with Gasteiger partial charge in [0.05, 0.1) is 6.10 Å². The standard InChI is InChI=1S/C10H13F5O2/c11-9(12,10(13,14)15)8(16)5-1-3-7-4-2-6-17-7/h7H,1-6H2. The number of hydrogen-bond acceptors (Lipinski definition) is 2. The Bertz CT molecular complexity index is 268. The molecule has 100 valence electrons. The maximum atomic E-state index is 12.5. The average molecular weight is 260 g/mol. The van der Waals surface area contributed by atoms with Gasteiger partial charge in [0.25, 0.3) is 0 Å². The molecule has 0 aromatic heterocycles. The number of carbonyl (C=O) groups is 1. The molecule has 0 aromatic carbocycles. The number of halogens is 5. The van der Waals surface area contributed by atoms with Crippen molar-refractivity contribution in [3.05, 3.63) is 0 Å². The molecule has 1 unspecified atom stereocenters. The summed E-state index contributed by atoms with van der Waals surface area (Å²) in [6.07, 6.45) is -4.71. The van der Waals surface area contributed by atoms with Crippen molar-refractivity contribution in [2.24, 2.45) is 0 Å². The molecule has 17 heavy (non-hydrogen) atoms. The smallest absolute Gasteiger partial charge is 0.378 e. The molecule has 0 bridgehead atoms. The van der Waals surface area contributed by atoms with Gasteiger partial charge in [0, 0.05) is 13.0 Å². The van der Waals surface area contributed by atoms with Crippen LogP contribution in [0.4, 0.5) is 22.0 Å². The Labute approximate surface area is 95.1 Å². The van der Waals surface area contributed by atoms with Crippen LogP contribution in [0.1, 0.15) is 32.1 Å². The minimum absolute atomic E-state index is 0.00479. The predicted octanol–water partition coefficient (Wildman–Crippen LogP) is 3.10. The SMILES string of the molecule is O=C(CCCC1CCCO1)C(F)(F)C(F)(F)F. The molecule has 1 heterocycles. The maximum absolute atomic E-state index is 12.5. The molecule has 0 aliphatic carbocycles. The van der Waals surface area contributed by atoms with Crippen molar-refractivity contribution < 1.29 is 31.5 Å². The second kappa shape index (κ2) is 5.29. The first-order valence-corrected chi connectivity index (χ1v) is 5.34. The summed E-state index contributed by atoms with van der Waals surface area (Å²) in [6, 6.07) is 0. The monoisotopic (exact) mass is 260 g/mol. The third-order valence-corrected chi connectivity index (χ3v) is 2.66. The fourth-order valence-electron chi connectivity index (χ4n) is 1.68. The summed E-state index contributed by atoms with van der Waals surface area (Å²) in [6.45, 7) is 0.581. The number of ketones is 1. The van der Waals surface area contributed by atoms with Gasteiger partial charge in [-0.2, -0.15) is 22.0 Å². The fraction of sp³-hybridized carbons (Fsp3) is 0.900. The van der Waals surface area contributed by atoms with Crippen LogP contribution >= 0.6 is 0 Å². The molecule has 0 spiro atoms. The molecule has 2 nitrogen and oxygen atoms in total. The number of Topliss-reactive ketones (excluding diaryl/α,β-unsaturated/α-hetero) is 1. The van der Waals surface area contributed by atoms with E-state index in [-0.39, 0.29) is 12.5 Å². The van der Waals surface area contributed by atoms with Crippen molar-refractivity contribution in [2.75, 3.05) is 6.61 Å². The van der Waals surface area contributed by atoms with E-state index in [1.54, 1.807) is 0 Å². The summed E-state index contributed by atoms with van der Waals surface area (Å²) in [7, 11) is 0. The quantitative estimate of drug-likeness (QED) is 0.710. The Morgan fingerprint density at radius 3 is 2.35 bits per heavy atom. The van der Waals surface area contributed by atoms with E-state index in [0.29, 0.717) is 13.0 Å². The lowest BCUT2D eigenvalue weighted by Crippen LogP contribution is -2.44. The molecule has 0 N–H and O–H groups in total. The average Bonchev–Trinajstić information content (AvgIpc) is 2.68. The molecule has 1 aliphatic rings. The van der Waals surface area contributed by atoms with Crippen molar-refractivity contribution in [3.63, 3.8) is 0 Å². The highest BCUT2D eigenvalue weighted by Gasteiger charge is 2.62. The molecule has 0 radical (unpaired) electrons. The zero-order chi connectivity index (χ0) is 13.1. The number of alkyl halides is 5. The van der Waals surface area contributed by atoms with E-state index in [4.69, 9.17) is 4.74 Å². The molecule has 7 heteroatoms. The summed E-state index contributed by atoms with van der Waals surface area (Å²) < 4.78 is 65.7. The highest BCUT2D eigenvalue weighted by molar-refractivity contribution is 5.86. The van der Waals surface area contributed by atoms with Gasteiger partial charge in [0.1, 0.15) is 0 Å². The van der Waals surface area contributed by atoms with Crippen molar-refractivity contribution in [1.29, 1.82) is 0 Å². The van der Waals surface area contributed by atoms with Crippen LogP contribution in [0.5, 0.6) is 0 Å². The summed E-state index contributed by atoms with van der Waals surface area (Å²) in [5, 5.41) is 0. The van der Waals surface area contributed by atoms with Crippen LogP contribution in [-0.2, 0) is 9.53 Å². The van der Waals surface area contributed by atoms with Gasteiger partial charge in [-0.25, -0.2) is 0 Å². The molecule has 1 fully saturated rings. The van der Waals surface area contributed by atoms with Crippen LogP contribution in [0.2, 0.25) is 0 Å². The molecule has 1 saturated heterocycles. The zero-order valence-electron chi connectivity index (χ0n) is 9.03. The van der Waals surface area contributed by atoms with Gasteiger partial charge >= 0.3 is 12.1 Å². The van der Waals surface area contributed by atoms with Crippen molar-refractivity contribution in [1.82, 2.24) is 0 Å². The largest absolute Gasteiger partial charge is 0.461 e. The van der Waals surface area contributed by atoms with E-state index in [1.807, 2.05) is 0 Å². The summed E-state index contributed by atoms with van der Waals surface area (Å²) in [5.74, 6) is -7.30. The van der Waals surface area contributed by atoms with Crippen molar-refractivity contribution >= 4 is 5.78 Å². The van der Waals surface area contributed by atoms with Crippen LogP contribution in [0.3, 0.4) is 0 Å². The summed E-state index contributed by atoms with van der Waals surface area (Å²) in [4.78, 5) is 10.8. The number of ether oxygens (including phenoxy) is 1. The molecule has 0 amide bonds. The van der Waals surface area contributed by atoms with Crippen LogP contribution < -0.4 is 0 Å². The second-order valence-electron chi connectivity index (χ2n) is 4.02. The van der Waals surface area contributed by atoms with Gasteiger partial charge < -0.3 is 4.74 Å². The molecule has 1 aliphatic heterocycles. The van der Waals surface area contributed by atoms with Gasteiger partial charge in [-0.3, -0.25) is 4.79 Å². The Morgan fingerprint density at radius 1 is 1.24 bits per heavy atom. The third-order valence-electron chi connectivity index (χ3n) is 2.66. The summed E-state index contributed by atoms with van der Waals surface area (Å²) >= 11 is 0. The Morgan fingerprint density at radius 2 is 1.88 bits per heavy atom. The predicted molar refractivity (Wildman–Crippen MR) is 48.8 cm³/mol. The van der Waals surface area contributed by atoms with E-state index in [2.05, 4.69) is 0 Å². The van der Waals surface area contributed by atoms with Crippen LogP contribution in [0, 0.1) is 0 Å². The molecule has 1 atom stereocenters. The first-order valence-electron chi connectivity index (χ1n) is 5.34. The molecule has 0 saturated carbocycles. The first kappa shape index (κ1) is 14.3. The van der Waals surface area contributed by atoms with E-state index in [9.17, 15) is 26.7 Å². The highest BCUT2D eigenvalue weighted by Crippen LogP contribution is 2.37. The lowest BCUT2D eigenvalue weighted by molar-refractivity contribution is -0.268. The highest BCUT2D eigenvalue weighted by atomic mass is 19.4. The van der Waals surface area contributed by atoms with Crippen molar-refractivity contribution in [3.8, 4) is 0 Å². The minimum Gasteiger partial charge on any atom is -0.378 e. The lowest BCUT2D eigenvalue weighted by atomic mass is 10.0. The van der Waals surface area contributed by atoms with Crippen LogP contribution in [0.15, 0.2) is 0 Å². The number of rotatable bonds is 5. The normalized spacial score (nSPS) is 21.8. The first-order chi connectivity index (χ1) is 7.75. The van der Waals surface area contributed by atoms with Gasteiger partial charge in [0.2, 0.25) is 5.78 Å². The molecule has 0 aromatic rings. The van der Waals surface area contributed by atoms with E-state index < -0.39 is 24.3 Å². The lowest BCUT2D eigenvalue weighted by Gasteiger charge is -2.18. The maximum Gasteiger partial charge on any atom is 0.461 e. The molecular weight excluding hydrogens is 247 g/mol. The molecule has 1 rings (SSSR count). The van der Waals surface area contributed by atoms with Gasteiger partial charge in [-0.05, 0) is 25.7 Å². The second-order valence-corrected chi connectivity index (χ2v) is 4.02. The number of hydrogen-bond donors (Lipinski definition) is 0. The van der Waals surface area contributed by atoms with E-state index in [1.165, 1.54) is 0 Å². The van der Waals surface area contributed by atoms with Crippen LogP contribution in [0.25, 0.3) is 0 Å². The summed E-state index contributed by atoms with van der Waals surface area (Å²) in [5.41, 5.74) is 0. The van der Waals surface area contributed by atoms with Crippen molar-refractivity contribution in [2.45, 2.75) is 50.3 Å². The van der Waals surface area contributed by atoms with E-state index in [0.717, 1.165) is 12.8 Å². The van der Waals surface area contributed by atoms with Gasteiger partial charge in [-0.1, -0.05) is 0 Å². The fourth-order valence-corrected chi connectivity index (χ4v) is 1.68. The topological polar surface area (TPSA) is 26.3 Å². The Kier molecular flexibility index (Phi) is 4.46. The van der Waals surface area contributed by atoms with Gasteiger partial charge in [0.15, 0.2) is 0 Å². The molecular formula is C10H13F5O2. The Hall–Kier alpha value is -0.720. The van der Waals surface area contributed by atoms with Gasteiger partial charge in [-0.15, -0.1) is 0 Å². The zero-order valence-corrected chi connectivity index (χ0v) is 9.03. The minimum atomic E-state index is -5.80. The van der Waals surface area contributed by atoms with E-state index >= 15 is 0 Å². The third kappa shape index (κ3) is 3.62. The van der Waals surface area contributed by atoms with Crippen LogP contribution in [-0.4, -0.2) is 30.6 Å². The number of carbonyl (C=O) groups excluding carboxylic acids is 1.